The maximum Gasteiger partial charge on any atom is 0.164 e. The summed E-state index contributed by atoms with van der Waals surface area (Å²) in [5.74, 6) is -0.147. The molecule has 2 N–H and O–H groups in total. The number of fused-ring (bicyclic) bond motifs is 3. The fraction of sp³-hybridized carbons (Fsp3) is 0.179. The van der Waals surface area contributed by atoms with Gasteiger partial charge in [0, 0.05) is 60.6 Å². The van der Waals surface area contributed by atoms with Crippen LogP contribution in [0.15, 0.2) is 79.3 Å². The number of piperazine rings is 1. The van der Waals surface area contributed by atoms with Crippen molar-refractivity contribution in [2.24, 2.45) is 0 Å². The van der Waals surface area contributed by atoms with E-state index in [0.717, 1.165) is 41.9 Å². The van der Waals surface area contributed by atoms with Crippen molar-refractivity contribution in [1.29, 1.82) is 0 Å². The third-order valence-corrected chi connectivity index (χ3v) is 7.22. The number of phenols is 1. The van der Waals surface area contributed by atoms with E-state index in [9.17, 15) is 5.11 Å². The van der Waals surface area contributed by atoms with E-state index in [1.807, 2.05) is 30.3 Å². The zero-order valence-electron chi connectivity index (χ0n) is 19.3. The number of halogens is 1. The van der Waals surface area contributed by atoms with Gasteiger partial charge in [0.05, 0.1) is 11.3 Å². The number of nitrogens with one attached hydrogen (secondary N) is 1. The van der Waals surface area contributed by atoms with E-state index in [0.29, 0.717) is 34.7 Å². The van der Waals surface area contributed by atoms with E-state index in [1.165, 1.54) is 0 Å². The average molecular weight is 479 g/mol. The summed E-state index contributed by atoms with van der Waals surface area (Å²) in [4.78, 5) is 11.0. The quantitative estimate of drug-likeness (QED) is 0.396. The molecule has 36 heavy (non-hydrogen) atoms. The van der Waals surface area contributed by atoms with Crippen molar-refractivity contribution in [2.75, 3.05) is 18.0 Å². The first kappa shape index (κ1) is 21.0. The summed E-state index contributed by atoms with van der Waals surface area (Å²) in [7, 11) is 0. The van der Waals surface area contributed by atoms with E-state index < -0.39 is 0 Å². The van der Waals surface area contributed by atoms with Crippen LogP contribution in [0.3, 0.4) is 0 Å². The van der Waals surface area contributed by atoms with E-state index >= 15 is 4.39 Å². The molecule has 2 aliphatic rings. The number of anilines is 1. The number of phenolic OH excluding ortho intramolecular Hbond substituents is 1. The van der Waals surface area contributed by atoms with Crippen LogP contribution in [0.1, 0.15) is 6.42 Å². The monoisotopic (exact) mass is 478 g/mol. The van der Waals surface area contributed by atoms with E-state index in [-0.39, 0.29) is 11.6 Å². The van der Waals surface area contributed by atoms with Gasteiger partial charge in [-0.15, -0.1) is 0 Å². The molecule has 2 aromatic carbocycles. The Hall–Kier alpha value is -4.30. The number of hydrogen-bond acceptors (Lipinski definition) is 6. The molecule has 2 saturated heterocycles. The summed E-state index contributed by atoms with van der Waals surface area (Å²) in [5, 5.41) is 18.5. The third kappa shape index (κ3) is 3.33. The molecule has 2 fully saturated rings. The van der Waals surface area contributed by atoms with Gasteiger partial charge >= 0.3 is 0 Å². The van der Waals surface area contributed by atoms with Crippen LogP contribution < -0.4 is 10.2 Å². The van der Waals surface area contributed by atoms with Gasteiger partial charge < -0.3 is 15.3 Å². The van der Waals surface area contributed by atoms with Crippen LogP contribution >= 0.6 is 0 Å². The molecule has 0 spiro atoms. The van der Waals surface area contributed by atoms with Gasteiger partial charge in [0.25, 0.3) is 0 Å². The van der Waals surface area contributed by atoms with Crippen molar-refractivity contribution >= 4 is 11.3 Å². The summed E-state index contributed by atoms with van der Waals surface area (Å²) < 4.78 is 17.3. The van der Waals surface area contributed by atoms with Gasteiger partial charge in [-0.05, 0) is 60.5 Å². The van der Waals surface area contributed by atoms with Gasteiger partial charge in [-0.2, -0.15) is 5.10 Å². The molecular formula is C28H23FN6O. The number of nitrogens with zero attached hydrogens (tertiary/aromatic N) is 5. The van der Waals surface area contributed by atoms with Crippen molar-refractivity contribution in [3.63, 3.8) is 0 Å². The molecule has 8 heteroatoms. The number of hydrogen-bond donors (Lipinski definition) is 2. The minimum Gasteiger partial charge on any atom is -0.508 e. The van der Waals surface area contributed by atoms with E-state index in [2.05, 4.69) is 20.2 Å². The average Bonchev–Trinajstić information content (AvgIpc) is 3.63. The van der Waals surface area contributed by atoms with Crippen molar-refractivity contribution < 1.29 is 9.50 Å². The molecule has 7 rings (SSSR count). The van der Waals surface area contributed by atoms with Gasteiger partial charge in [-0.25, -0.2) is 13.9 Å². The van der Waals surface area contributed by atoms with E-state index in [1.54, 1.807) is 53.4 Å². The molecule has 5 heterocycles. The molecule has 178 valence electrons. The fourth-order valence-corrected chi connectivity index (χ4v) is 5.56. The van der Waals surface area contributed by atoms with Crippen LogP contribution in [0.5, 0.6) is 5.75 Å². The molecule has 0 amide bonds. The Morgan fingerprint density at radius 1 is 0.972 bits per heavy atom. The van der Waals surface area contributed by atoms with Crippen molar-refractivity contribution in [2.45, 2.75) is 18.5 Å². The molecule has 2 bridgehead atoms. The molecule has 0 aliphatic carbocycles. The van der Waals surface area contributed by atoms with Gasteiger partial charge in [0.15, 0.2) is 5.65 Å². The first-order valence-electron chi connectivity index (χ1n) is 12.0. The third-order valence-electron chi connectivity index (χ3n) is 7.22. The Morgan fingerprint density at radius 3 is 2.61 bits per heavy atom. The van der Waals surface area contributed by atoms with Crippen LogP contribution in [0.2, 0.25) is 0 Å². The lowest BCUT2D eigenvalue weighted by Crippen LogP contribution is -2.43. The predicted molar refractivity (Wildman–Crippen MR) is 136 cm³/mol. The highest BCUT2D eigenvalue weighted by Gasteiger charge is 2.37. The Morgan fingerprint density at radius 2 is 1.86 bits per heavy atom. The summed E-state index contributed by atoms with van der Waals surface area (Å²) in [5.41, 5.74) is 5.63. The van der Waals surface area contributed by atoms with Crippen molar-refractivity contribution in [3.8, 4) is 39.4 Å². The number of benzene rings is 2. The minimum absolute atomic E-state index is 0.149. The van der Waals surface area contributed by atoms with Crippen LogP contribution in [0.4, 0.5) is 10.1 Å². The summed E-state index contributed by atoms with van der Waals surface area (Å²) in [6, 6.07) is 18.9. The number of rotatable bonds is 4. The maximum absolute atomic E-state index is 15.6. The number of pyridine rings is 1. The van der Waals surface area contributed by atoms with Gasteiger partial charge in [0.1, 0.15) is 17.3 Å². The highest BCUT2D eigenvalue weighted by atomic mass is 19.1. The Bertz CT molecular complexity index is 1600. The lowest BCUT2D eigenvalue weighted by molar-refractivity contribution is 0.475. The topological polar surface area (TPSA) is 78.6 Å². The normalized spacial score (nSPS) is 18.9. The van der Waals surface area contributed by atoms with E-state index in [4.69, 9.17) is 5.10 Å². The molecular weight excluding hydrogens is 455 g/mol. The molecule has 5 aromatic rings. The number of aromatic nitrogens is 4. The second-order valence-corrected chi connectivity index (χ2v) is 9.39. The fourth-order valence-electron chi connectivity index (χ4n) is 5.56. The first-order chi connectivity index (χ1) is 17.7. The largest absolute Gasteiger partial charge is 0.508 e. The SMILES string of the molecule is Oc1cccc(-c2c(-c3ccncc3)nn3c(-c4ccc(N5C[C@@H]6C[C@H]5CN6)cc4F)ccnc23)c1. The maximum atomic E-state index is 15.6. The summed E-state index contributed by atoms with van der Waals surface area (Å²) in [6.45, 7) is 1.85. The van der Waals surface area contributed by atoms with Crippen molar-refractivity contribution in [3.05, 3.63) is 85.1 Å². The summed E-state index contributed by atoms with van der Waals surface area (Å²) in [6.07, 6.45) is 6.20. The van der Waals surface area contributed by atoms with Crippen LogP contribution in [0.25, 0.3) is 39.3 Å². The van der Waals surface area contributed by atoms with Gasteiger partial charge in [0.2, 0.25) is 0 Å². The molecule has 2 atom stereocenters. The molecule has 0 unspecified atom stereocenters. The van der Waals surface area contributed by atoms with Crippen LogP contribution in [-0.2, 0) is 0 Å². The summed E-state index contributed by atoms with van der Waals surface area (Å²) >= 11 is 0. The standard InChI is InChI=1S/C28H23FN6O/c29-24-14-20(34-16-19-13-21(34)15-32-19)4-5-23(24)25-8-11-31-28-26(18-2-1-3-22(36)12-18)27(33-35(25)28)17-6-9-30-10-7-17/h1-12,14,19,21,32,36H,13,15-16H2/t19-,21-/m0/s1. The number of aromatic hydroxyl groups is 1. The molecule has 0 radical (unpaired) electrons. The van der Waals surface area contributed by atoms with Crippen molar-refractivity contribution in [1.82, 2.24) is 24.9 Å². The Kier molecular flexibility index (Phi) is 4.75. The zero-order valence-corrected chi connectivity index (χ0v) is 19.3. The Balaban J connectivity index is 1.39. The Labute approximate surface area is 206 Å². The molecule has 0 saturated carbocycles. The van der Waals surface area contributed by atoms with Crippen LogP contribution in [0, 0.1) is 5.82 Å². The highest BCUT2D eigenvalue weighted by molar-refractivity contribution is 5.91. The lowest BCUT2D eigenvalue weighted by atomic mass is 10.0. The first-order valence-corrected chi connectivity index (χ1v) is 12.0. The molecule has 3 aromatic heterocycles. The van der Waals surface area contributed by atoms with Crippen LogP contribution in [-0.4, -0.2) is 49.9 Å². The zero-order chi connectivity index (χ0) is 24.2. The smallest absolute Gasteiger partial charge is 0.164 e. The second-order valence-electron chi connectivity index (χ2n) is 9.39. The second kappa shape index (κ2) is 8.13. The lowest BCUT2D eigenvalue weighted by Gasteiger charge is -2.29. The molecule has 7 nitrogen and oxygen atoms in total. The van der Waals surface area contributed by atoms with Gasteiger partial charge in [-0.3, -0.25) is 4.98 Å². The predicted octanol–water partition coefficient (Wildman–Crippen LogP) is 4.52. The minimum atomic E-state index is -0.296. The van der Waals surface area contributed by atoms with Gasteiger partial charge in [-0.1, -0.05) is 12.1 Å². The highest BCUT2D eigenvalue weighted by Crippen LogP contribution is 2.38. The molecule has 2 aliphatic heterocycles.